The molecule has 2 unspecified atom stereocenters. The summed E-state index contributed by atoms with van der Waals surface area (Å²) in [5, 5.41) is 3.61. The molecule has 0 amide bonds. The predicted molar refractivity (Wildman–Crippen MR) is 79.1 cm³/mol. The highest BCUT2D eigenvalue weighted by molar-refractivity contribution is 5.46. The summed E-state index contributed by atoms with van der Waals surface area (Å²) in [4.78, 5) is 1.98. The summed E-state index contributed by atoms with van der Waals surface area (Å²) in [5.41, 5.74) is 0.682. The lowest BCUT2D eigenvalue weighted by Gasteiger charge is -2.28. The third-order valence-electron chi connectivity index (χ3n) is 4.08. The molecule has 1 aromatic rings. The zero-order valence-electron chi connectivity index (χ0n) is 12.0. The van der Waals surface area contributed by atoms with Gasteiger partial charge in [0.25, 0.3) is 0 Å². The number of anilines is 1. The Kier molecular flexibility index (Phi) is 5.20. The van der Waals surface area contributed by atoms with E-state index in [0.29, 0.717) is 11.7 Å². The lowest BCUT2D eigenvalue weighted by molar-refractivity contribution is 0.303. The quantitative estimate of drug-likeness (QED) is 0.876. The Balaban J connectivity index is 1.75. The number of halogens is 1. The summed E-state index contributed by atoms with van der Waals surface area (Å²) in [6.07, 6.45) is 5.27. The van der Waals surface area contributed by atoms with E-state index in [0.717, 1.165) is 19.0 Å². The zero-order chi connectivity index (χ0) is 13.7. The van der Waals surface area contributed by atoms with Crippen molar-refractivity contribution in [3.8, 4) is 0 Å². The maximum atomic E-state index is 13.6. The maximum Gasteiger partial charge on any atom is 0.146 e. The third kappa shape index (κ3) is 4.20. The van der Waals surface area contributed by atoms with Gasteiger partial charge in [-0.15, -0.1) is 0 Å². The van der Waals surface area contributed by atoms with E-state index in [4.69, 9.17) is 0 Å². The minimum Gasteiger partial charge on any atom is -0.371 e. The van der Waals surface area contributed by atoms with Crippen molar-refractivity contribution < 1.29 is 4.39 Å². The summed E-state index contributed by atoms with van der Waals surface area (Å²) in [6, 6.07) is 7.61. The molecule has 1 N–H and O–H groups in total. The van der Waals surface area contributed by atoms with Gasteiger partial charge in [-0.2, -0.15) is 0 Å². The lowest BCUT2D eigenvalue weighted by atomic mass is 9.87. The molecule has 1 saturated carbocycles. The fraction of sp³-hybridized carbons (Fsp3) is 0.625. The first-order valence-corrected chi connectivity index (χ1v) is 7.36. The Morgan fingerprint density at radius 2 is 2.11 bits per heavy atom. The van der Waals surface area contributed by atoms with Crippen LogP contribution in [-0.2, 0) is 0 Å². The SMILES string of the molecule is CC1CCCC(NCCN(C)c2ccccc2F)C1. The molecule has 0 bridgehead atoms. The van der Waals surface area contributed by atoms with Crippen LogP contribution in [0.2, 0.25) is 0 Å². The van der Waals surface area contributed by atoms with Crippen LogP contribution >= 0.6 is 0 Å². The van der Waals surface area contributed by atoms with E-state index in [1.54, 1.807) is 6.07 Å². The second-order valence-corrected chi connectivity index (χ2v) is 5.80. The molecule has 2 nitrogen and oxygen atoms in total. The fourth-order valence-electron chi connectivity index (χ4n) is 2.94. The molecule has 1 fully saturated rings. The molecule has 2 atom stereocenters. The number of benzene rings is 1. The van der Waals surface area contributed by atoms with Gasteiger partial charge in [0.1, 0.15) is 5.82 Å². The van der Waals surface area contributed by atoms with Crippen molar-refractivity contribution in [2.75, 3.05) is 25.0 Å². The summed E-state index contributed by atoms with van der Waals surface area (Å²) < 4.78 is 13.6. The number of rotatable bonds is 5. The molecule has 1 aliphatic carbocycles. The molecule has 0 aromatic heterocycles. The van der Waals surface area contributed by atoms with Gasteiger partial charge in [-0.25, -0.2) is 4.39 Å². The topological polar surface area (TPSA) is 15.3 Å². The van der Waals surface area contributed by atoms with Crippen molar-refractivity contribution in [1.82, 2.24) is 5.32 Å². The van der Waals surface area contributed by atoms with Crippen molar-refractivity contribution in [2.45, 2.75) is 38.6 Å². The van der Waals surface area contributed by atoms with Crippen LogP contribution in [0.1, 0.15) is 32.6 Å². The van der Waals surface area contributed by atoms with Crippen LogP contribution < -0.4 is 10.2 Å². The highest BCUT2D eigenvalue weighted by Crippen LogP contribution is 2.23. The normalized spacial score (nSPS) is 23.3. The molecular weight excluding hydrogens is 239 g/mol. The molecule has 106 valence electrons. The molecule has 0 saturated heterocycles. The van der Waals surface area contributed by atoms with Gasteiger partial charge in [0.05, 0.1) is 5.69 Å². The zero-order valence-corrected chi connectivity index (χ0v) is 12.0. The maximum absolute atomic E-state index is 13.6. The van der Waals surface area contributed by atoms with Crippen molar-refractivity contribution in [1.29, 1.82) is 0 Å². The van der Waals surface area contributed by atoms with Gasteiger partial charge in [0.15, 0.2) is 0 Å². The molecule has 1 aliphatic rings. The van der Waals surface area contributed by atoms with Crippen LogP contribution in [0.25, 0.3) is 0 Å². The van der Waals surface area contributed by atoms with E-state index >= 15 is 0 Å². The Labute approximate surface area is 116 Å². The summed E-state index contributed by atoms with van der Waals surface area (Å²) in [6.45, 7) is 4.09. The van der Waals surface area contributed by atoms with Gasteiger partial charge in [-0.3, -0.25) is 0 Å². The first-order chi connectivity index (χ1) is 9.16. The number of hydrogen-bond donors (Lipinski definition) is 1. The Morgan fingerprint density at radius 3 is 2.84 bits per heavy atom. The highest BCUT2D eigenvalue weighted by atomic mass is 19.1. The average Bonchev–Trinajstić information content (AvgIpc) is 2.39. The number of likely N-dealkylation sites (N-methyl/N-ethyl adjacent to an activating group) is 1. The smallest absolute Gasteiger partial charge is 0.146 e. The van der Waals surface area contributed by atoms with Crippen LogP contribution in [0.4, 0.5) is 10.1 Å². The van der Waals surface area contributed by atoms with E-state index in [1.165, 1.54) is 31.7 Å². The predicted octanol–water partition coefficient (Wildman–Crippen LogP) is 3.43. The highest BCUT2D eigenvalue weighted by Gasteiger charge is 2.18. The minimum atomic E-state index is -0.142. The minimum absolute atomic E-state index is 0.142. The molecule has 1 aromatic carbocycles. The molecule has 0 radical (unpaired) electrons. The van der Waals surface area contributed by atoms with Gasteiger partial charge in [0, 0.05) is 26.2 Å². The van der Waals surface area contributed by atoms with Crippen molar-refractivity contribution in [3.05, 3.63) is 30.1 Å². The lowest BCUT2D eigenvalue weighted by Crippen LogP contribution is -2.38. The Morgan fingerprint density at radius 1 is 1.32 bits per heavy atom. The van der Waals surface area contributed by atoms with E-state index in [1.807, 2.05) is 24.1 Å². The van der Waals surface area contributed by atoms with Gasteiger partial charge in [-0.05, 0) is 30.9 Å². The van der Waals surface area contributed by atoms with E-state index in [9.17, 15) is 4.39 Å². The molecule has 19 heavy (non-hydrogen) atoms. The van der Waals surface area contributed by atoms with Gasteiger partial charge >= 0.3 is 0 Å². The summed E-state index contributed by atoms with van der Waals surface area (Å²) >= 11 is 0. The van der Waals surface area contributed by atoms with Gasteiger partial charge < -0.3 is 10.2 Å². The van der Waals surface area contributed by atoms with Gasteiger partial charge in [0.2, 0.25) is 0 Å². The number of hydrogen-bond acceptors (Lipinski definition) is 2. The van der Waals surface area contributed by atoms with Crippen molar-refractivity contribution in [2.24, 2.45) is 5.92 Å². The first kappa shape index (κ1) is 14.3. The van der Waals surface area contributed by atoms with E-state index < -0.39 is 0 Å². The largest absolute Gasteiger partial charge is 0.371 e. The second kappa shape index (κ2) is 6.90. The third-order valence-corrected chi connectivity index (χ3v) is 4.08. The van der Waals surface area contributed by atoms with Crippen LogP contribution in [0, 0.1) is 11.7 Å². The molecule has 0 spiro atoms. The van der Waals surface area contributed by atoms with Crippen LogP contribution in [-0.4, -0.2) is 26.2 Å². The van der Waals surface area contributed by atoms with Gasteiger partial charge in [-0.1, -0.05) is 31.9 Å². The summed E-state index contributed by atoms with van der Waals surface area (Å²) in [7, 11) is 1.95. The van der Waals surface area contributed by atoms with E-state index in [2.05, 4.69) is 12.2 Å². The van der Waals surface area contributed by atoms with Crippen molar-refractivity contribution >= 4 is 5.69 Å². The molecule has 3 heteroatoms. The molecule has 0 aliphatic heterocycles. The Bertz CT molecular complexity index is 394. The molecular formula is C16H25FN2. The fourth-order valence-corrected chi connectivity index (χ4v) is 2.94. The number of nitrogens with one attached hydrogen (secondary N) is 1. The first-order valence-electron chi connectivity index (χ1n) is 7.36. The number of nitrogens with zero attached hydrogens (tertiary/aromatic N) is 1. The molecule has 0 heterocycles. The standard InChI is InChI=1S/C16H25FN2/c1-13-6-5-7-14(12-13)18-10-11-19(2)16-9-4-3-8-15(16)17/h3-4,8-9,13-14,18H,5-7,10-12H2,1-2H3. The summed E-state index contributed by atoms with van der Waals surface area (Å²) in [5.74, 6) is 0.701. The van der Waals surface area contributed by atoms with Crippen LogP contribution in [0.3, 0.4) is 0 Å². The van der Waals surface area contributed by atoms with Crippen LogP contribution in [0.15, 0.2) is 24.3 Å². The Hall–Kier alpha value is -1.09. The van der Waals surface area contributed by atoms with E-state index in [-0.39, 0.29) is 5.82 Å². The number of para-hydroxylation sites is 1. The second-order valence-electron chi connectivity index (χ2n) is 5.80. The van der Waals surface area contributed by atoms with Crippen LogP contribution in [0.5, 0.6) is 0 Å². The molecule has 2 rings (SSSR count). The monoisotopic (exact) mass is 264 g/mol. The van der Waals surface area contributed by atoms with Crippen molar-refractivity contribution in [3.63, 3.8) is 0 Å². The average molecular weight is 264 g/mol.